The fourth-order valence-electron chi connectivity index (χ4n) is 1.49. The molecule has 0 heterocycles. The molecule has 0 saturated carbocycles. The Kier molecular flexibility index (Phi) is 6.40. The summed E-state index contributed by atoms with van der Waals surface area (Å²) >= 11 is 0. The number of hydrogen-bond acceptors (Lipinski definition) is 5. The van der Waals surface area contributed by atoms with Crippen LogP contribution in [0.15, 0.2) is 29.2 Å². The molecule has 0 aliphatic heterocycles. The second-order valence-electron chi connectivity index (χ2n) is 3.97. The zero-order chi connectivity index (χ0) is 14.3. The van der Waals surface area contributed by atoms with Gasteiger partial charge in [0.25, 0.3) is 0 Å². The molecule has 0 spiro atoms. The smallest absolute Gasteiger partial charge is 0.240 e. The van der Waals surface area contributed by atoms with Gasteiger partial charge in [-0.1, -0.05) is 12.1 Å². The van der Waals surface area contributed by atoms with E-state index in [0.717, 1.165) is 0 Å². The average Bonchev–Trinajstić information content (AvgIpc) is 2.43. The molecule has 0 aliphatic carbocycles. The van der Waals surface area contributed by atoms with Crippen LogP contribution in [0.25, 0.3) is 0 Å². The molecular weight excluding hydrogens is 270 g/mol. The van der Waals surface area contributed by atoms with Crippen LogP contribution in [-0.4, -0.2) is 47.0 Å². The maximum atomic E-state index is 12.0. The van der Waals surface area contributed by atoms with Crippen LogP contribution in [0, 0.1) is 0 Å². The van der Waals surface area contributed by atoms with Crippen molar-refractivity contribution in [3.05, 3.63) is 29.8 Å². The van der Waals surface area contributed by atoms with Gasteiger partial charge in [0.2, 0.25) is 10.0 Å². The maximum absolute atomic E-state index is 12.0. The molecule has 2 N–H and O–H groups in total. The van der Waals surface area contributed by atoms with Crippen molar-refractivity contribution in [2.45, 2.75) is 17.6 Å². The maximum Gasteiger partial charge on any atom is 0.240 e. The lowest BCUT2D eigenvalue weighted by Gasteiger charge is -2.15. The van der Waals surface area contributed by atoms with Gasteiger partial charge in [-0.3, -0.25) is 0 Å². The van der Waals surface area contributed by atoms with E-state index in [-0.39, 0.29) is 24.2 Å². The van der Waals surface area contributed by atoms with Gasteiger partial charge in [-0.15, -0.1) is 0 Å². The summed E-state index contributed by atoms with van der Waals surface area (Å²) in [4.78, 5) is 0.117. The molecule has 19 heavy (non-hydrogen) atoms. The zero-order valence-corrected chi connectivity index (χ0v) is 11.8. The van der Waals surface area contributed by atoms with E-state index < -0.39 is 10.0 Å². The fraction of sp³-hybridized carbons (Fsp3) is 0.500. The minimum absolute atomic E-state index is 0.117. The molecule has 0 bridgehead atoms. The summed E-state index contributed by atoms with van der Waals surface area (Å²) in [7, 11) is -0.603. The van der Waals surface area contributed by atoms with Crippen LogP contribution in [-0.2, 0) is 26.1 Å². The molecule has 7 heteroatoms. The SMILES string of the molecule is COCC(CNS(=O)(=O)c1cccc(CO)c1)OC. The van der Waals surface area contributed by atoms with Crippen LogP contribution in [0.4, 0.5) is 0 Å². The van der Waals surface area contributed by atoms with Crippen LogP contribution in [0.2, 0.25) is 0 Å². The third kappa shape index (κ3) is 4.88. The molecular formula is C12H19NO5S. The molecule has 0 aromatic heterocycles. The summed E-state index contributed by atoms with van der Waals surface area (Å²) in [6.45, 7) is 0.222. The minimum atomic E-state index is -3.61. The summed E-state index contributed by atoms with van der Waals surface area (Å²) in [5.74, 6) is 0. The number of benzene rings is 1. The third-order valence-electron chi connectivity index (χ3n) is 2.58. The Morgan fingerprint density at radius 3 is 2.68 bits per heavy atom. The highest BCUT2D eigenvalue weighted by Gasteiger charge is 2.17. The standard InChI is InChI=1S/C12H19NO5S/c1-17-9-11(18-2)7-13-19(15,16)12-5-3-4-10(6-12)8-14/h3-6,11,13-14H,7-9H2,1-2H3. The zero-order valence-electron chi connectivity index (χ0n) is 11.0. The Morgan fingerprint density at radius 1 is 1.37 bits per heavy atom. The largest absolute Gasteiger partial charge is 0.392 e. The normalized spacial score (nSPS) is 13.4. The van der Waals surface area contributed by atoms with Gasteiger partial charge in [0, 0.05) is 20.8 Å². The predicted molar refractivity (Wildman–Crippen MR) is 70.2 cm³/mol. The highest BCUT2D eigenvalue weighted by molar-refractivity contribution is 7.89. The number of sulfonamides is 1. The highest BCUT2D eigenvalue weighted by Crippen LogP contribution is 2.11. The quantitative estimate of drug-likeness (QED) is 0.710. The van der Waals surface area contributed by atoms with Gasteiger partial charge in [0.15, 0.2) is 0 Å². The van der Waals surface area contributed by atoms with Crippen molar-refractivity contribution in [3.8, 4) is 0 Å². The number of hydrogen-bond donors (Lipinski definition) is 2. The second-order valence-corrected chi connectivity index (χ2v) is 5.74. The topological polar surface area (TPSA) is 84.9 Å². The van der Waals surface area contributed by atoms with Crippen LogP contribution >= 0.6 is 0 Å². The summed E-state index contributed by atoms with van der Waals surface area (Å²) in [6.07, 6.45) is -0.346. The lowest BCUT2D eigenvalue weighted by Crippen LogP contribution is -2.35. The number of aliphatic hydroxyl groups excluding tert-OH is 1. The van der Waals surface area contributed by atoms with E-state index in [0.29, 0.717) is 12.2 Å². The van der Waals surface area contributed by atoms with Gasteiger partial charge in [-0.05, 0) is 17.7 Å². The van der Waals surface area contributed by atoms with Crippen LogP contribution in [0.1, 0.15) is 5.56 Å². The average molecular weight is 289 g/mol. The van der Waals surface area contributed by atoms with Crippen molar-refractivity contribution in [1.29, 1.82) is 0 Å². The number of nitrogens with one attached hydrogen (secondary N) is 1. The first kappa shape index (κ1) is 16.1. The molecule has 1 rings (SSSR count). The van der Waals surface area contributed by atoms with Gasteiger partial charge in [0.1, 0.15) is 0 Å². The van der Waals surface area contributed by atoms with Crippen molar-refractivity contribution < 1.29 is 23.0 Å². The molecule has 0 radical (unpaired) electrons. The van der Waals surface area contributed by atoms with Crippen molar-refractivity contribution >= 4 is 10.0 Å². The number of rotatable bonds is 8. The number of ether oxygens (including phenoxy) is 2. The monoisotopic (exact) mass is 289 g/mol. The molecule has 108 valence electrons. The third-order valence-corrected chi connectivity index (χ3v) is 4.00. The summed E-state index contributed by atoms with van der Waals surface area (Å²) in [5, 5.41) is 9.00. The molecule has 1 unspecified atom stereocenters. The first-order valence-corrected chi connectivity index (χ1v) is 7.23. The molecule has 0 saturated heterocycles. The van der Waals surface area contributed by atoms with Gasteiger partial charge >= 0.3 is 0 Å². The molecule has 1 aromatic rings. The molecule has 0 aliphatic rings. The van der Waals surface area contributed by atoms with Crippen molar-refractivity contribution in [2.24, 2.45) is 0 Å². The lowest BCUT2D eigenvalue weighted by atomic mass is 10.2. The lowest BCUT2D eigenvalue weighted by molar-refractivity contribution is 0.0320. The first-order valence-electron chi connectivity index (χ1n) is 5.74. The fourth-order valence-corrected chi connectivity index (χ4v) is 2.63. The Balaban J connectivity index is 2.74. The van der Waals surface area contributed by atoms with E-state index >= 15 is 0 Å². The van der Waals surface area contributed by atoms with E-state index in [1.807, 2.05) is 0 Å². The Bertz CT molecular complexity index is 489. The van der Waals surface area contributed by atoms with E-state index in [1.54, 1.807) is 12.1 Å². The van der Waals surface area contributed by atoms with Gasteiger partial charge in [0.05, 0.1) is 24.2 Å². The van der Waals surface area contributed by atoms with E-state index in [4.69, 9.17) is 14.6 Å². The highest BCUT2D eigenvalue weighted by atomic mass is 32.2. The van der Waals surface area contributed by atoms with E-state index in [9.17, 15) is 8.42 Å². The van der Waals surface area contributed by atoms with Crippen LogP contribution in [0.3, 0.4) is 0 Å². The Labute approximate surface area is 113 Å². The predicted octanol–water partition coefficient (Wildman–Crippen LogP) is 0.119. The number of methoxy groups -OCH3 is 2. The van der Waals surface area contributed by atoms with Crippen LogP contribution < -0.4 is 4.72 Å². The van der Waals surface area contributed by atoms with Gasteiger partial charge < -0.3 is 14.6 Å². The minimum Gasteiger partial charge on any atom is -0.392 e. The summed E-state index contributed by atoms with van der Waals surface area (Å²) in [5.41, 5.74) is 0.544. The second kappa shape index (κ2) is 7.56. The summed E-state index contributed by atoms with van der Waals surface area (Å²) < 4.78 is 36.5. The Morgan fingerprint density at radius 2 is 2.11 bits per heavy atom. The summed E-state index contributed by atoms with van der Waals surface area (Å²) in [6, 6.07) is 6.14. The van der Waals surface area contributed by atoms with Crippen LogP contribution in [0.5, 0.6) is 0 Å². The van der Waals surface area contributed by atoms with Crippen molar-refractivity contribution in [1.82, 2.24) is 4.72 Å². The molecule has 0 fully saturated rings. The molecule has 1 atom stereocenters. The van der Waals surface area contributed by atoms with Crippen molar-refractivity contribution in [3.63, 3.8) is 0 Å². The van der Waals surface area contributed by atoms with Gasteiger partial charge in [-0.25, -0.2) is 13.1 Å². The van der Waals surface area contributed by atoms with Crippen molar-refractivity contribution in [2.75, 3.05) is 27.4 Å². The Hall–Kier alpha value is -0.990. The molecule has 6 nitrogen and oxygen atoms in total. The van der Waals surface area contributed by atoms with Gasteiger partial charge in [-0.2, -0.15) is 0 Å². The first-order chi connectivity index (χ1) is 9.03. The van der Waals surface area contributed by atoms with E-state index in [1.165, 1.54) is 26.4 Å². The molecule has 0 amide bonds. The van der Waals surface area contributed by atoms with E-state index in [2.05, 4.69) is 4.72 Å². The number of aliphatic hydroxyl groups is 1. The molecule has 1 aromatic carbocycles.